The van der Waals surface area contributed by atoms with Crippen molar-refractivity contribution in [2.75, 3.05) is 0 Å². The third-order valence-corrected chi connectivity index (χ3v) is 6.98. The van der Waals surface area contributed by atoms with Crippen molar-refractivity contribution in [3.05, 3.63) is 35.9 Å². The van der Waals surface area contributed by atoms with E-state index in [1.165, 1.54) is 5.56 Å². The van der Waals surface area contributed by atoms with E-state index in [0.717, 1.165) is 6.42 Å². The quantitative estimate of drug-likeness (QED) is 0.574. The van der Waals surface area contributed by atoms with Crippen LogP contribution in [0.25, 0.3) is 0 Å². The zero-order valence-corrected chi connectivity index (χ0v) is 10.5. The minimum Gasteiger partial charge on any atom is -0.179 e. The van der Waals surface area contributed by atoms with E-state index < -0.39 is 8.07 Å². The molecular weight excluding hydrogens is 192 g/mol. The van der Waals surface area contributed by atoms with Gasteiger partial charge < -0.3 is 0 Å². The maximum atomic E-state index is 4.68. The minimum absolute atomic E-state index is 0.565. The molecule has 13 heavy (non-hydrogen) atoms. The van der Waals surface area contributed by atoms with E-state index in [1.54, 1.807) is 0 Å². The maximum Gasteiger partial charge on any atom is 0.0588 e. The van der Waals surface area contributed by atoms with Crippen molar-refractivity contribution >= 4 is 20.7 Å². The van der Waals surface area contributed by atoms with Crippen LogP contribution in [0.4, 0.5) is 0 Å². The molecule has 1 rings (SSSR count). The predicted octanol–water partition coefficient (Wildman–Crippen LogP) is 3.40. The van der Waals surface area contributed by atoms with Crippen molar-refractivity contribution in [2.24, 2.45) is 0 Å². The van der Waals surface area contributed by atoms with Crippen LogP contribution in [0.5, 0.6) is 0 Å². The Kier molecular flexibility index (Phi) is 3.62. The zero-order valence-electron chi connectivity index (χ0n) is 8.62. The number of hydrogen-bond donors (Lipinski definition) is 1. The summed E-state index contributed by atoms with van der Waals surface area (Å²) in [5, 5.41) is 0. The Labute approximate surface area is 87.8 Å². The summed E-state index contributed by atoms with van der Waals surface area (Å²) in [6, 6.07) is 10.6. The van der Waals surface area contributed by atoms with Crippen LogP contribution < -0.4 is 0 Å². The molecule has 0 aliphatic rings. The summed E-state index contributed by atoms with van der Waals surface area (Å²) in [5.41, 5.74) is 1.41. The molecule has 0 aliphatic carbocycles. The average molecular weight is 210 g/mol. The third-order valence-electron chi connectivity index (χ3n) is 2.27. The Bertz CT molecular complexity index is 251. The Morgan fingerprint density at radius 2 is 1.69 bits per heavy atom. The molecule has 0 saturated carbocycles. The molecule has 72 valence electrons. The predicted molar refractivity (Wildman–Crippen MR) is 66.3 cm³/mol. The van der Waals surface area contributed by atoms with Crippen molar-refractivity contribution in [1.29, 1.82) is 0 Å². The van der Waals surface area contributed by atoms with Gasteiger partial charge in [-0.1, -0.05) is 50.0 Å². The Balaban J connectivity index is 2.61. The molecular formula is C11H18SSi. The van der Waals surface area contributed by atoms with E-state index in [1.807, 2.05) is 0 Å². The van der Waals surface area contributed by atoms with Crippen molar-refractivity contribution in [3.63, 3.8) is 0 Å². The minimum atomic E-state index is -1.08. The third kappa shape index (κ3) is 3.57. The first-order valence-corrected chi connectivity index (χ1v) is 8.81. The highest BCUT2D eigenvalue weighted by Crippen LogP contribution is 2.18. The SMILES string of the molecule is C[Si](C)(C)C(S)Cc1ccccc1. The lowest BCUT2D eigenvalue weighted by Gasteiger charge is -2.24. The summed E-state index contributed by atoms with van der Waals surface area (Å²) >= 11 is 4.68. The highest BCUT2D eigenvalue weighted by Gasteiger charge is 2.22. The number of thiol groups is 1. The summed E-state index contributed by atoms with van der Waals surface area (Å²) in [4.78, 5) is 0.565. The van der Waals surface area contributed by atoms with Gasteiger partial charge in [0.25, 0.3) is 0 Å². The molecule has 0 bridgehead atoms. The molecule has 2 heteroatoms. The van der Waals surface area contributed by atoms with Crippen LogP contribution in [0, 0.1) is 0 Å². The Morgan fingerprint density at radius 3 is 2.15 bits per heavy atom. The Hall–Kier alpha value is -0.213. The Morgan fingerprint density at radius 1 is 1.15 bits per heavy atom. The van der Waals surface area contributed by atoms with Gasteiger partial charge in [0, 0.05) is 0 Å². The van der Waals surface area contributed by atoms with Gasteiger partial charge >= 0.3 is 0 Å². The monoisotopic (exact) mass is 210 g/mol. The van der Waals surface area contributed by atoms with Gasteiger partial charge in [-0.15, -0.1) is 0 Å². The maximum absolute atomic E-state index is 4.68. The fraction of sp³-hybridized carbons (Fsp3) is 0.455. The summed E-state index contributed by atoms with van der Waals surface area (Å²) in [6.07, 6.45) is 1.11. The molecule has 0 aromatic heterocycles. The van der Waals surface area contributed by atoms with E-state index in [4.69, 9.17) is 0 Å². The second kappa shape index (κ2) is 4.34. The van der Waals surface area contributed by atoms with E-state index in [9.17, 15) is 0 Å². The van der Waals surface area contributed by atoms with Crippen LogP contribution in [0.1, 0.15) is 5.56 Å². The molecule has 0 aliphatic heterocycles. The molecule has 0 amide bonds. The summed E-state index contributed by atoms with van der Waals surface area (Å²) in [6.45, 7) is 7.11. The lowest BCUT2D eigenvalue weighted by atomic mass is 10.2. The van der Waals surface area contributed by atoms with E-state index in [2.05, 4.69) is 62.6 Å². The molecule has 0 nitrogen and oxygen atoms in total. The topological polar surface area (TPSA) is 0 Å². The average Bonchev–Trinajstić information content (AvgIpc) is 2.04. The lowest BCUT2D eigenvalue weighted by Crippen LogP contribution is -2.35. The number of hydrogen-bond acceptors (Lipinski definition) is 1. The molecule has 1 unspecified atom stereocenters. The largest absolute Gasteiger partial charge is 0.179 e. The van der Waals surface area contributed by atoms with Crippen molar-refractivity contribution < 1.29 is 0 Å². The normalized spacial score (nSPS) is 14.2. The van der Waals surface area contributed by atoms with Gasteiger partial charge in [0.15, 0.2) is 0 Å². The van der Waals surface area contributed by atoms with Crippen LogP contribution in [-0.2, 0) is 6.42 Å². The van der Waals surface area contributed by atoms with Crippen LogP contribution in [0.15, 0.2) is 30.3 Å². The van der Waals surface area contributed by atoms with Crippen LogP contribution in [0.3, 0.4) is 0 Å². The van der Waals surface area contributed by atoms with Crippen LogP contribution in [-0.4, -0.2) is 12.9 Å². The molecule has 0 N–H and O–H groups in total. The highest BCUT2D eigenvalue weighted by molar-refractivity contribution is 7.83. The lowest BCUT2D eigenvalue weighted by molar-refractivity contribution is 1.06. The molecule has 0 heterocycles. The second-order valence-corrected chi connectivity index (χ2v) is 11.1. The summed E-state index contributed by atoms with van der Waals surface area (Å²) in [5.74, 6) is 0. The van der Waals surface area contributed by atoms with E-state index in [-0.39, 0.29) is 0 Å². The molecule has 1 aromatic rings. The molecule has 0 spiro atoms. The van der Waals surface area contributed by atoms with Crippen molar-refractivity contribution in [1.82, 2.24) is 0 Å². The van der Waals surface area contributed by atoms with Crippen LogP contribution in [0.2, 0.25) is 19.6 Å². The molecule has 0 fully saturated rings. The van der Waals surface area contributed by atoms with Gasteiger partial charge in [0.2, 0.25) is 0 Å². The second-order valence-electron chi connectivity index (χ2n) is 4.57. The van der Waals surface area contributed by atoms with Crippen molar-refractivity contribution in [2.45, 2.75) is 30.9 Å². The highest BCUT2D eigenvalue weighted by atomic mass is 32.1. The molecule has 0 radical (unpaired) electrons. The van der Waals surface area contributed by atoms with Gasteiger partial charge in [0.05, 0.1) is 8.07 Å². The first kappa shape index (κ1) is 10.9. The van der Waals surface area contributed by atoms with Crippen molar-refractivity contribution in [3.8, 4) is 0 Å². The number of rotatable bonds is 3. The van der Waals surface area contributed by atoms with Gasteiger partial charge in [-0.3, -0.25) is 0 Å². The summed E-state index contributed by atoms with van der Waals surface area (Å²) in [7, 11) is -1.08. The smallest absolute Gasteiger partial charge is 0.0588 e. The standard InChI is InChI=1S/C11H18SSi/c1-13(2,3)11(12)9-10-7-5-4-6-8-10/h4-8,11-12H,9H2,1-3H3. The molecule has 1 atom stereocenters. The fourth-order valence-corrected chi connectivity index (χ4v) is 2.20. The molecule has 0 saturated heterocycles. The van der Waals surface area contributed by atoms with E-state index >= 15 is 0 Å². The van der Waals surface area contributed by atoms with Crippen LogP contribution >= 0.6 is 12.6 Å². The van der Waals surface area contributed by atoms with Gasteiger partial charge in [-0.25, -0.2) is 0 Å². The van der Waals surface area contributed by atoms with Gasteiger partial charge in [0.1, 0.15) is 0 Å². The van der Waals surface area contributed by atoms with Gasteiger partial charge in [-0.05, 0) is 16.9 Å². The first-order chi connectivity index (χ1) is 6.00. The van der Waals surface area contributed by atoms with Gasteiger partial charge in [-0.2, -0.15) is 12.6 Å². The first-order valence-electron chi connectivity index (χ1n) is 4.72. The fourth-order valence-electron chi connectivity index (χ4n) is 1.14. The van der Waals surface area contributed by atoms with E-state index in [0.29, 0.717) is 4.87 Å². The number of benzene rings is 1. The summed E-state index contributed by atoms with van der Waals surface area (Å²) < 4.78 is 0. The zero-order chi connectivity index (χ0) is 9.90. The molecule has 1 aromatic carbocycles.